The number of fused-ring (bicyclic) bond motifs is 5. The number of aliphatic hydroxyl groups excluding tert-OH is 1. The number of rotatable bonds is 1. The fourth-order valence-electron chi connectivity index (χ4n) is 7.52. The van der Waals surface area contributed by atoms with Gasteiger partial charge in [0.25, 0.3) is 0 Å². The van der Waals surface area contributed by atoms with E-state index in [2.05, 4.69) is 33.8 Å². The molecule has 4 nitrogen and oxygen atoms in total. The number of nitrogens with one attached hydrogen (secondary N) is 1. The highest BCUT2D eigenvalue weighted by molar-refractivity contribution is 6.03. The molecule has 4 rings (SSSR count). The molecule has 0 aromatic rings. The van der Waals surface area contributed by atoms with Gasteiger partial charge in [0.05, 0.1) is 17.4 Å². The summed E-state index contributed by atoms with van der Waals surface area (Å²) in [5.41, 5.74) is 0.913. The Morgan fingerprint density at radius 3 is 2.61 bits per heavy atom. The summed E-state index contributed by atoms with van der Waals surface area (Å²) in [5.74, 6) is 1.43. The van der Waals surface area contributed by atoms with Crippen LogP contribution in [0.1, 0.15) is 66.7 Å². The van der Waals surface area contributed by atoms with Crippen LogP contribution >= 0.6 is 0 Å². The molecule has 3 fully saturated rings. The fourth-order valence-corrected chi connectivity index (χ4v) is 7.52. The van der Waals surface area contributed by atoms with Crippen molar-refractivity contribution in [3.63, 3.8) is 0 Å². The molecule has 4 aliphatic rings. The van der Waals surface area contributed by atoms with Gasteiger partial charge in [-0.05, 0) is 68.9 Å². The van der Waals surface area contributed by atoms with Crippen LogP contribution in [0.5, 0.6) is 0 Å². The third-order valence-corrected chi connectivity index (χ3v) is 8.87. The maximum atomic E-state index is 11.5. The summed E-state index contributed by atoms with van der Waals surface area (Å²) < 4.78 is 0. The lowest BCUT2D eigenvalue weighted by atomic mass is 9.46. The highest BCUT2D eigenvalue weighted by Crippen LogP contribution is 2.68. The van der Waals surface area contributed by atoms with Gasteiger partial charge >= 0.3 is 0 Å². The van der Waals surface area contributed by atoms with Gasteiger partial charge in [-0.3, -0.25) is 0 Å². The molecule has 8 atom stereocenters. The molecule has 4 heteroatoms. The van der Waals surface area contributed by atoms with Crippen LogP contribution in [0.3, 0.4) is 0 Å². The Morgan fingerprint density at radius 1 is 1.36 bits per heavy atom. The van der Waals surface area contributed by atoms with Crippen molar-refractivity contribution < 1.29 is 15.0 Å². The minimum Gasteiger partial charge on any atom is -0.393 e. The molecule has 28 heavy (non-hydrogen) atoms. The predicted molar refractivity (Wildman–Crippen MR) is 112 cm³/mol. The van der Waals surface area contributed by atoms with Gasteiger partial charge in [0, 0.05) is 16.7 Å². The zero-order valence-electron chi connectivity index (χ0n) is 18.0. The van der Waals surface area contributed by atoms with Crippen LogP contribution in [0.15, 0.2) is 23.8 Å². The van der Waals surface area contributed by atoms with Crippen LogP contribution in [0.2, 0.25) is 0 Å². The third-order valence-electron chi connectivity index (χ3n) is 8.87. The van der Waals surface area contributed by atoms with Crippen LogP contribution in [-0.2, 0) is 4.79 Å². The predicted octanol–water partition coefficient (Wildman–Crippen LogP) is 4.31. The second-order valence-electron chi connectivity index (χ2n) is 9.91. The molecule has 3 N–H and O–H groups in total. The highest BCUT2D eigenvalue weighted by Gasteiger charge is 2.67. The highest BCUT2D eigenvalue weighted by atomic mass is 16.3. The van der Waals surface area contributed by atoms with Gasteiger partial charge in [0.15, 0.2) is 0 Å². The average Bonchev–Trinajstić information content (AvgIpc) is 2.83. The van der Waals surface area contributed by atoms with E-state index in [1.165, 1.54) is 12.5 Å². The molecular formula is C24H37NO3. The van der Waals surface area contributed by atoms with Crippen molar-refractivity contribution >= 4 is 12.0 Å². The first-order valence-corrected chi connectivity index (χ1v) is 10.9. The molecule has 0 aromatic carbocycles. The van der Waals surface area contributed by atoms with E-state index in [0.717, 1.165) is 32.0 Å². The van der Waals surface area contributed by atoms with Gasteiger partial charge in [-0.15, -0.1) is 0 Å². The van der Waals surface area contributed by atoms with Crippen molar-refractivity contribution in [1.29, 1.82) is 5.41 Å². The van der Waals surface area contributed by atoms with Gasteiger partial charge in [-0.2, -0.15) is 0 Å². The van der Waals surface area contributed by atoms with E-state index in [9.17, 15) is 10.2 Å². The number of carbonyl (C=O) groups excluding carboxylic acids is 1. The maximum absolute atomic E-state index is 11.5. The SMILES string of the molecule is CC=O.CC[C@@]1(O)[C@@H](C)CC2[C@@H]3CCC4=CC(=N)C=C[C@]4(C)C3[C@@H](O)C[C@@]21C. The van der Waals surface area contributed by atoms with Gasteiger partial charge in [0.2, 0.25) is 0 Å². The average molecular weight is 388 g/mol. The molecule has 156 valence electrons. The topological polar surface area (TPSA) is 81.4 Å². The van der Waals surface area contributed by atoms with E-state index < -0.39 is 5.60 Å². The molecule has 0 heterocycles. The largest absolute Gasteiger partial charge is 0.393 e. The minimum atomic E-state index is -0.662. The van der Waals surface area contributed by atoms with Gasteiger partial charge in [-0.1, -0.05) is 39.3 Å². The Bertz CT molecular complexity index is 713. The zero-order valence-corrected chi connectivity index (χ0v) is 18.0. The molecule has 4 aliphatic carbocycles. The Balaban J connectivity index is 0.000000706. The van der Waals surface area contributed by atoms with Crippen LogP contribution in [0.25, 0.3) is 0 Å². The van der Waals surface area contributed by atoms with Crippen LogP contribution < -0.4 is 0 Å². The van der Waals surface area contributed by atoms with Crippen molar-refractivity contribution in [1.82, 2.24) is 0 Å². The van der Waals surface area contributed by atoms with Crippen molar-refractivity contribution in [2.75, 3.05) is 0 Å². The van der Waals surface area contributed by atoms with E-state index >= 15 is 0 Å². The molecule has 0 radical (unpaired) electrons. The van der Waals surface area contributed by atoms with E-state index in [4.69, 9.17) is 10.2 Å². The molecule has 0 aromatic heterocycles. The molecule has 3 saturated carbocycles. The third kappa shape index (κ3) is 2.79. The lowest BCUT2D eigenvalue weighted by Crippen LogP contribution is -2.59. The summed E-state index contributed by atoms with van der Waals surface area (Å²) in [7, 11) is 0. The molecule has 0 bridgehead atoms. The first-order chi connectivity index (χ1) is 13.1. The summed E-state index contributed by atoms with van der Waals surface area (Å²) in [4.78, 5) is 8.81. The molecule has 0 amide bonds. The number of hydrogen-bond acceptors (Lipinski definition) is 4. The lowest BCUT2D eigenvalue weighted by molar-refractivity contribution is -0.171. The Morgan fingerprint density at radius 2 is 2.00 bits per heavy atom. The lowest BCUT2D eigenvalue weighted by Gasteiger charge is -2.60. The van der Waals surface area contributed by atoms with Crippen molar-refractivity contribution in [2.24, 2.45) is 34.5 Å². The maximum Gasteiger partial charge on any atom is 0.116 e. The quantitative estimate of drug-likeness (QED) is 0.587. The Kier molecular flexibility index (Phi) is 5.52. The van der Waals surface area contributed by atoms with Gasteiger partial charge in [-0.25, -0.2) is 0 Å². The summed E-state index contributed by atoms with van der Waals surface area (Å²) in [6.45, 7) is 10.2. The Labute approximate surface area is 169 Å². The first kappa shape index (κ1) is 21.4. The zero-order chi connectivity index (χ0) is 20.9. The number of allylic oxidation sites excluding steroid dienone is 4. The summed E-state index contributed by atoms with van der Waals surface area (Å²) in [6, 6.07) is 0. The first-order valence-electron chi connectivity index (χ1n) is 10.9. The second-order valence-corrected chi connectivity index (χ2v) is 9.91. The number of carbonyl (C=O) groups is 1. The standard InChI is InChI=1S/C22H33NO2.C2H4O/c1-5-22(25)13(2)10-17-16-7-6-14-11-15(23)8-9-20(14,3)19(16)18(24)12-21(17,22)4;1-2-3/h8-9,11,13,16-19,23-25H,5-7,10,12H2,1-4H3;2H,1H3/t13-,16-,17?,18-,19?,20-,21-,22+;/m0./s1. The van der Waals surface area contributed by atoms with Gasteiger partial charge < -0.3 is 20.4 Å². The van der Waals surface area contributed by atoms with E-state index in [1.54, 1.807) is 0 Å². The van der Waals surface area contributed by atoms with Crippen LogP contribution in [-0.4, -0.2) is 33.9 Å². The van der Waals surface area contributed by atoms with Crippen molar-refractivity contribution in [3.05, 3.63) is 23.8 Å². The summed E-state index contributed by atoms with van der Waals surface area (Å²) >= 11 is 0. The summed E-state index contributed by atoms with van der Waals surface area (Å²) in [5, 5.41) is 30.7. The van der Waals surface area contributed by atoms with Crippen molar-refractivity contribution in [3.8, 4) is 0 Å². The smallest absolute Gasteiger partial charge is 0.116 e. The number of aldehydes is 1. The normalized spacial score (nSPS) is 49.2. The number of hydrogen-bond donors (Lipinski definition) is 3. The number of aliphatic hydroxyl groups is 2. The molecule has 2 unspecified atom stereocenters. The van der Waals surface area contributed by atoms with E-state index in [1.807, 2.05) is 12.2 Å². The Hall–Kier alpha value is -1.26. The fraction of sp³-hybridized carbons (Fsp3) is 0.750. The van der Waals surface area contributed by atoms with E-state index in [-0.39, 0.29) is 22.9 Å². The molecule has 0 aliphatic heterocycles. The van der Waals surface area contributed by atoms with Crippen molar-refractivity contribution in [2.45, 2.75) is 78.4 Å². The van der Waals surface area contributed by atoms with Crippen LogP contribution in [0.4, 0.5) is 0 Å². The second kappa shape index (κ2) is 7.21. The van der Waals surface area contributed by atoms with E-state index in [0.29, 0.717) is 29.9 Å². The minimum absolute atomic E-state index is 0.135. The van der Waals surface area contributed by atoms with Crippen LogP contribution in [0, 0.1) is 39.9 Å². The molecule has 0 spiro atoms. The molecular weight excluding hydrogens is 350 g/mol. The monoisotopic (exact) mass is 387 g/mol. The summed E-state index contributed by atoms with van der Waals surface area (Å²) in [6.07, 6.45) is 11.1. The van der Waals surface area contributed by atoms with Gasteiger partial charge in [0.1, 0.15) is 6.29 Å². The molecule has 0 saturated heterocycles.